The van der Waals surface area contributed by atoms with Crippen molar-refractivity contribution in [3.05, 3.63) is 59.7 Å². The van der Waals surface area contributed by atoms with Crippen LogP contribution in [0.15, 0.2) is 48.5 Å². The van der Waals surface area contributed by atoms with Crippen molar-refractivity contribution in [2.24, 2.45) is 0 Å². The van der Waals surface area contributed by atoms with Crippen molar-refractivity contribution < 1.29 is 41.0 Å². The maximum atomic E-state index is 13.2. The SMILES string of the molecule is O=C(O)/C=C/c1c(-c2ccccc2OC(F)(F)F)cccc1C(F)(F)F. The maximum Gasteiger partial charge on any atom is 0.573 e. The summed E-state index contributed by atoms with van der Waals surface area (Å²) < 4.78 is 81.3. The number of ether oxygens (including phenoxy) is 1. The van der Waals surface area contributed by atoms with Crippen LogP contribution in [0.4, 0.5) is 26.3 Å². The minimum Gasteiger partial charge on any atom is -0.478 e. The molecule has 1 N–H and O–H groups in total. The number of hydrogen-bond acceptors (Lipinski definition) is 2. The van der Waals surface area contributed by atoms with Crippen molar-refractivity contribution in [1.29, 1.82) is 0 Å². The van der Waals surface area contributed by atoms with E-state index in [4.69, 9.17) is 5.11 Å². The highest BCUT2D eigenvalue weighted by Gasteiger charge is 2.35. The van der Waals surface area contributed by atoms with Gasteiger partial charge in [0.05, 0.1) is 5.56 Å². The molecule has 0 radical (unpaired) electrons. The quantitative estimate of drug-likeness (QED) is 0.577. The van der Waals surface area contributed by atoms with E-state index in [9.17, 15) is 31.1 Å². The second-order valence-electron chi connectivity index (χ2n) is 4.98. The zero-order valence-corrected chi connectivity index (χ0v) is 12.7. The molecule has 0 unspecified atom stereocenters. The Bertz CT molecular complexity index is 837. The second-order valence-corrected chi connectivity index (χ2v) is 4.98. The highest BCUT2D eigenvalue weighted by Crippen LogP contribution is 2.41. The van der Waals surface area contributed by atoms with E-state index in [2.05, 4.69) is 4.74 Å². The minimum absolute atomic E-state index is 0.253. The summed E-state index contributed by atoms with van der Waals surface area (Å²) in [6.07, 6.45) is -8.73. The minimum atomic E-state index is -5.05. The van der Waals surface area contributed by atoms with E-state index in [0.717, 1.165) is 24.3 Å². The molecule has 0 spiro atoms. The van der Waals surface area contributed by atoms with E-state index in [1.54, 1.807) is 0 Å². The van der Waals surface area contributed by atoms with E-state index < -0.39 is 35.4 Å². The lowest BCUT2D eigenvalue weighted by molar-refractivity contribution is -0.274. The number of rotatable bonds is 4. The van der Waals surface area contributed by atoms with E-state index in [-0.39, 0.29) is 11.1 Å². The van der Waals surface area contributed by atoms with Crippen LogP contribution >= 0.6 is 0 Å². The van der Waals surface area contributed by atoms with Gasteiger partial charge in [-0.3, -0.25) is 0 Å². The van der Waals surface area contributed by atoms with E-state index in [1.165, 1.54) is 12.1 Å². The predicted molar refractivity (Wildman–Crippen MR) is 80.2 cm³/mol. The molecule has 0 heterocycles. The van der Waals surface area contributed by atoms with Crippen LogP contribution in [-0.2, 0) is 11.0 Å². The zero-order chi connectivity index (χ0) is 19.5. The van der Waals surface area contributed by atoms with Crippen LogP contribution in [0.3, 0.4) is 0 Å². The summed E-state index contributed by atoms with van der Waals surface area (Å²) in [5.74, 6) is -2.21. The summed E-state index contributed by atoms with van der Waals surface area (Å²) in [7, 11) is 0. The fourth-order valence-corrected chi connectivity index (χ4v) is 2.28. The van der Waals surface area contributed by atoms with Gasteiger partial charge in [0.25, 0.3) is 0 Å². The first-order chi connectivity index (χ1) is 12.0. The van der Waals surface area contributed by atoms with Gasteiger partial charge in [0, 0.05) is 11.6 Å². The Hall–Kier alpha value is -2.97. The van der Waals surface area contributed by atoms with Crippen LogP contribution in [0.25, 0.3) is 17.2 Å². The number of hydrogen-bond donors (Lipinski definition) is 1. The van der Waals surface area contributed by atoms with Gasteiger partial charge >= 0.3 is 18.5 Å². The van der Waals surface area contributed by atoms with Gasteiger partial charge in [-0.25, -0.2) is 4.79 Å². The Labute approximate surface area is 143 Å². The summed E-state index contributed by atoms with van der Waals surface area (Å²) in [6.45, 7) is 0. The summed E-state index contributed by atoms with van der Waals surface area (Å²) in [5, 5.41) is 8.70. The monoisotopic (exact) mass is 376 g/mol. The summed E-state index contributed by atoms with van der Waals surface area (Å²) >= 11 is 0. The summed E-state index contributed by atoms with van der Waals surface area (Å²) in [4.78, 5) is 10.7. The van der Waals surface area contributed by atoms with Gasteiger partial charge in [-0.15, -0.1) is 13.2 Å². The first-order valence-electron chi connectivity index (χ1n) is 6.95. The smallest absolute Gasteiger partial charge is 0.478 e. The molecule has 0 aliphatic rings. The molecule has 0 fully saturated rings. The van der Waals surface area contributed by atoms with Crippen molar-refractivity contribution >= 4 is 12.0 Å². The molecule has 0 aliphatic carbocycles. The van der Waals surface area contributed by atoms with E-state index in [0.29, 0.717) is 18.2 Å². The van der Waals surface area contributed by atoms with Gasteiger partial charge in [-0.1, -0.05) is 30.3 Å². The van der Waals surface area contributed by atoms with Crippen molar-refractivity contribution in [3.8, 4) is 16.9 Å². The van der Waals surface area contributed by atoms with Gasteiger partial charge in [0.2, 0.25) is 0 Å². The normalized spacial score (nSPS) is 12.4. The van der Waals surface area contributed by atoms with Crippen LogP contribution < -0.4 is 4.74 Å². The highest BCUT2D eigenvalue weighted by molar-refractivity contribution is 5.89. The van der Waals surface area contributed by atoms with Crippen LogP contribution in [-0.4, -0.2) is 17.4 Å². The molecular weight excluding hydrogens is 366 g/mol. The molecular formula is C17H10F6O3. The number of carboxylic acids is 1. The molecule has 0 atom stereocenters. The first-order valence-corrected chi connectivity index (χ1v) is 6.95. The van der Waals surface area contributed by atoms with E-state index in [1.807, 2.05) is 0 Å². The molecule has 2 rings (SSSR count). The number of aliphatic carboxylic acids is 1. The third kappa shape index (κ3) is 4.78. The predicted octanol–water partition coefficient (Wildman–Crippen LogP) is 5.37. The average molecular weight is 376 g/mol. The topological polar surface area (TPSA) is 46.5 Å². The summed E-state index contributed by atoms with van der Waals surface area (Å²) in [6, 6.07) is 7.52. The zero-order valence-electron chi connectivity index (χ0n) is 12.7. The van der Waals surface area contributed by atoms with Gasteiger partial charge in [0.15, 0.2) is 0 Å². The number of halogens is 6. The molecule has 0 saturated carbocycles. The molecule has 0 aliphatic heterocycles. The lowest BCUT2D eigenvalue weighted by Crippen LogP contribution is -2.17. The molecule has 3 nitrogen and oxygen atoms in total. The van der Waals surface area contributed by atoms with Gasteiger partial charge < -0.3 is 9.84 Å². The number of alkyl halides is 6. The fourth-order valence-electron chi connectivity index (χ4n) is 2.28. The number of carboxylic acid groups (broad SMARTS) is 1. The molecule has 0 saturated heterocycles. The molecule has 0 bridgehead atoms. The van der Waals surface area contributed by atoms with Crippen LogP contribution in [0, 0.1) is 0 Å². The molecule has 138 valence electrons. The van der Waals surface area contributed by atoms with Gasteiger partial charge in [-0.05, 0) is 29.3 Å². The Kier molecular flexibility index (Phi) is 5.29. The third-order valence-corrected chi connectivity index (χ3v) is 3.21. The Morgan fingerprint density at radius 2 is 1.54 bits per heavy atom. The van der Waals surface area contributed by atoms with Gasteiger partial charge in [0.1, 0.15) is 5.75 Å². The molecule has 0 amide bonds. The maximum absolute atomic E-state index is 13.2. The summed E-state index contributed by atoms with van der Waals surface area (Å²) in [5.41, 5.74) is -2.28. The highest BCUT2D eigenvalue weighted by atomic mass is 19.4. The molecule has 0 aromatic heterocycles. The molecule has 2 aromatic carbocycles. The van der Waals surface area contributed by atoms with Crippen molar-refractivity contribution in [2.75, 3.05) is 0 Å². The van der Waals surface area contributed by atoms with Crippen molar-refractivity contribution in [1.82, 2.24) is 0 Å². The second kappa shape index (κ2) is 7.11. The largest absolute Gasteiger partial charge is 0.573 e. The molecule has 26 heavy (non-hydrogen) atoms. The Balaban J connectivity index is 2.73. The number of benzene rings is 2. The third-order valence-electron chi connectivity index (χ3n) is 3.21. The van der Waals surface area contributed by atoms with Crippen LogP contribution in [0.5, 0.6) is 5.75 Å². The van der Waals surface area contributed by atoms with Crippen LogP contribution in [0.1, 0.15) is 11.1 Å². The first kappa shape index (κ1) is 19.4. The number of carbonyl (C=O) groups is 1. The lowest BCUT2D eigenvalue weighted by atomic mass is 9.94. The van der Waals surface area contributed by atoms with Gasteiger partial charge in [-0.2, -0.15) is 13.2 Å². The van der Waals surface area contributed by atoms with Crippen LogP contribution in [0.2, 0.25) is 0 Å². The lowest BCUT2D eigenvalue weighted by Gasteiger charge is -2.17. The fraction of sp³-hybridized carbons (Fsp3) is 0.118. The molecule has 9 heteroatoms. The average Bonchev–Trinajstić information content (AvgIpc) is 2.50. The van der Waals surface area contributed by atoms with Crippen molar-refractivity contribution in [2.45, 2.75) is 12.5 Å². The Morgan fingerprint density at radius 1 is 0.923 bits per heavy atom. The Morgan fingerprint density at radius 3 is 2.12 bits per heavy atom. The van der Waals surface area contributed by atoms with E-state index >= 15 is 0 Å². The molecule has 2 aromatic rings. The standard InChI is InChI=1S/C17H10F6O3/c18-16(19,20)13-6-3-5-10(11(13)8-9-15(24)25)12-4-1-2-7-14(12)26-17(21,22)23/h1-9H,(H,24,25)/b9-8+. The number of para-hydroxylation sites is 1. The van der Waals surface area contributed by atoms with Crippen molar-refractivity contribution in [3.63, 3.8) is 0 Å².